The minimum absolute atomic E-state index is 0.00127. The number of ketones is 1. The number of Topliss-reactive ketones (excluding diaryl/α,β-unsaturated/α-hetero) is 1. The van der Waals surface area contributed by atoms with Gasteiger partial charge >= 0.3 is 13.1 Å². The summed E-state index contributed by atoms with van der Waals surface area (Å²) in [6.07, 6.45) is 2.47. The first kappa shape index (κ1) is 18.1. The van der Waals surface area contributed by atoms with E-state index in [1.54, 1.807) is 12.1 Å². The van der Waals surface area contributed by atoms with Crippen molar-refractivity contribution in [2.45, 2.75) is 31.6 Å². The zero-order chi connectivity index (χ0) is 18.7. The second-order valence-electron chi connectivity index (χ2n) is 6.21. The first-order valence-electron chi connectivity index (χ1n) is 8.28. The summed E-state index contributed by atoms with van der Waals surface area (Å²) >= 11 is 0. The predicted octanol–water partition coefficient (Wildman–Crippen LogP) is -0.0775. The number of carboxylic acids is 1. The monoisotopic (exact) mass is 358 g/mol. The summed E-state index contributed by atoms with van der Waals surface area (Å²) in [6.45, 7) is 0.476. The fourth-order valence-electron chi connectivity index (χ4n) is 3.02. The molecule has 1 aromatic heterocycles. The minimum Gasteiger partial charge on any atom is -0.535 e. The molecule has 9 nitrogen and oxygen atoms in total. The van der Waals surface area contributed by atoms with Gasteiger partial charge in [-0.25, -0.2) is 14.5 Å². The Morgan fingerprint density at radius 2 is 2.23 bits per heavy atom. The van der Waals surface area contributed by atoms with Crippen molar-refractivity contribution in [3.05, 3.63) is 41.5 Å². The first-order chi connectivity index (χ1) is 12.5. The van der Waals surface area contributed by atoms with Gasteiger partial charge in [0, 0.05) is 18.7 Å². The zero-order valence-electron chi connectivity index (χ0n) is 14.0. The van der Waals surface area contributed by atoms with Gasteiger partial charge in [0.2, 0.25) is 0 Å². The fraction of sp³-hybridized carbons (Fsp3) is 0.375. The molecule has 0 saturated heterocycles. The molecular formula is C16H19BN4O5. The number of aromatic carboxylic acids is 1. The lowest BCUT2D eigenvalue weighted by Crippen LogP contribution is -2.36. The Balaban J connectivity index is 1.66. The molecule has 0 fully saturated rings. The summed E-state index contributed by atoms with van der Waals surface area (Å²) in [6, 6.07) is 4.78. The number of rotatable bonds is 7. The largest absolute Gasteiger partial charge is 0.535 e. The number of hydrogen-bond acceptors (Lipinski definition) is 7. The molecule has 0 saturated carbocycles. The van der Waals surface area contributed by atoms with Crippen molar-refractivity contribution in [3.8, 4) is 5.75 Å². The van der Waals surface area contributed by atoms with E-state index < -0.39 is 18.9 Å². The molecule has 0 amide bonds. The molecule has 0 spiro atoms. The van der Waals surface area contributed by atoms with Gasteiger partial charge in [0.1, 0.15) is 18.6 Å². The van der Waals surface area contributed by atoms with Crippen molar-refractivity contribution in [2.24, 2.45) is 5.73 Å². The smallest absolute Gasteiger partial charge is 0.526 e. The van der Waals surface area contributed by atoms with Crippen LogP contribution in [0.4, 0.5) is 0 Å². The minimum atomic E-state index is -1.24. The lowest BCUT2D eigenvalue weighted by atomic mass is 9.64. The van der Waals surface area contributed by atoms with Gasteiger partial charge in [0.05, 0.1) is 5.56 Å². The second kappa shape index (κ2) is 7.67. The molecule has 10 heteroatoms. The van der Waals surface area contributed by atoms with Gasteiger partial charge in [-0.05, 0) is 24.6 Å². The van der Waals surface area contributed by atoms with E-state index in [0.29, 0.717) is 30.8 Å². The molecular weight excluding hydrogens is 339 g/mol. The van der Waals surface area contributed by atoms with Crippen LogP contribution in [0.5, 0.6) is 5.75 Å². The molecule has 136 valence electrons. The van der Waals surface area contributed by atoms with Crippen LogP contribution in [0.3, 0.4) is 0 Å². The number of carbonyl (C=O) groups excluding carboxylic acids is 1. The number of aromatic nitrogens is 3. The summed E-state index contributed by atoms with van der Waals surface area (Å²) in [5, 5.41) is 23.6. The van der Waals surface area contributed by atoms with E-state index in [4.69, 9.17) is 10.4 Å². The van der Waals surface area contributed by atoms with E-state index in [-0.39, 0.29) is 30.1 Å². The van der Waals surface area contributed by atoms with E-state index in [1.807, 2.05) is 0 Å². The van der Waals surface area contributed by atoms with Crippen LogP contribution >= 0.6 is 0 Å². The Kier molecular flexibility index (Phi) is 5.33. The Hall–Kier alpha value is -2.72. The van der Waals surface area contributed by atoms with Gasteiger partial charge in [0.25, 0.3) is 0 Å². The van der Waals surface area contributed by atoms with Gasteiger partial charge in [-0.1, -0.05) is 12.1 Å². The average molecular weight is 358 g/mol. The predicted molar refractivity (Wildman–Crippen MR) is 91.9 cm³/mol. The third-order valence-corrected chi connectivity index (χ3v) is 4.23. The summed E-state index contributed by atoms with van der Waals surface area (Å²) < 4.78 is 6.84. The maximum atomic E-state index is 12.3. The maximum Gasteiger partial charge on any atom is 0.526 e. The van der Waals surface area contributed by atoms with Crippen LogP contribution in [-0.2, 0) is 24.2 Å². The van der Waals surface area contributed by atoms with Crippen molar-refractivity contribution in [1.29, 1.82) is 0 Å². The SMILES string of the molecule is NCCc1ncn(CC(=O)C[C@H]2Cc3cccc(C(=O)O)c3OB2O)n1. The molecule has 0 aliphatic carbocycles. The summed E-state index contributed by atoms with van der Waals surface area (Å²) in [5.74, 6) is -0.954. The van der Waals surface area contributed by atoms with E-state index in [1.165, 1.54) is 17.1 Å². The molecule has 1 aliphatic heterocycles. The highest BCUT2D eigenvalue weighted by Gasteiger charge is 2.37. The number of hydrogen-bond donors (Lipinski definition) is 3. The lowest BCUT2D eigenvalue weighted by molar-refractivity contribution is -0.120. The van der Waals surface area contributed by atoms with Crippen LogP contribution in [0, 0.1) is 0 Å². The molecule has 4 N–H and O–H groups in total. The van der Waals surface area contributed by atoms with E-state index in [2.05, 4.69) is 10.1 Å². The van der Waals surface area contributed by atoms with Gasteiger partial charge in [0.15, 0.2) is 11.6 Å². The van der Waals surface area contributed by atoms with Crippen LogP contribution < -0.4 is 10.4 Å². The van der Waals surface area contributed by atoms with Crippen LogP contribution in [0.2, 0.25) is 5.82 Å². The quantitative estimate of drug-likeness (QED) is 0.584. The Morgan fingerprint density at radius 1 is 1.42 bits per heavy atom. The van der Waals surface area contributed by atoms with Crippen molar-refractivity contribution in [2.75, 3.05) is 6.54 Å². The summed E-state index contributed by atoms with van der Waals surface area (Å²) in [5.41, 5.74) is 6.11. The van der Waals surface area contributed by atoms with Crippen molar-refractivity contribution < 1.29 is 24.4 Å². The Morgan fingerprint density at radius 3 is 2.96 bits per heavy atom. The highest BCUT2D eigenvalue weighted by Crippen LogP contribution is 2.36. The number of fused-ring (bicyclic) bond motifs is 1. The first-order valence-corrected chi connectivity index (χ1v) is 8.28. The molecule has 1 atom stereocenters. The third kappa shape index (κ3) is 3.92. The van der Waals surface area contributed by atoms with Gasteiger partial charge < -0.3 is 20.5 Å². The molecule has 26 heavy (non-hydrogen) atoms. The Labute approximate surface area is 149 Å². The molecule has 2 aromatic rings. The normalized spacial score (nSPS) is 16.1. The van der Waals surface area contributed by atoms with Crippen LogP contribution in [-0.4, -0.2) is 50.3 Å². The van der Waals surface area contributed by atoms with Crippen molar-refractivity contribution in [1.82, 2.24) is 14.8 Å². The molecule has 2 heterocycles. The van der Waals surface area contributed by atoms with E-state index >= 15 is 0 Å². The molecule has 1 aromatic carbocycles. The standard InChI is InChI=1S/C16H19BN4O5/c18-5-4-14-19-9-21(20-14)8-12(22)7-11-6-10-2-1-3-13(16(23)24)15(10)26-17(11)25/h1-3,9,11,25H,4-8,18H2,(H,23,24)/t11-/m1/s1. The highest BCUT2D eigenvalue weighted by atomic mass is 16.5. The molecule has 0 unspecified atom stereocenters. The van der Waals surface area contributed by atoms with Gasteiger partial charge in [-0.15, -0.1) is 0 Å². The fourth-order valence-corrected chi connectivity index (χ4v) is 3.02. The van der Waals surface area contributed by atoms with Crippen LogP contribution in [0.15, 0.2) is 24.5 Å². The highest BCUT2D eigenvalue weighted by molar-refractivity contribution is 6.47. The number of benzene rings is 1. The number of nitrogens with zero attached hydrogens (tertiary/aromatic N) is 3. The molecule has 0 radical (unpaired) electrons. The van der Waals surface area contributed by atoms with Crippen molar-refractivity contribution in [3.63, 3.8) is 0 Å². The van der Waals surface area contributed by atoms with Gasteiger partial charge in [-0.3, -0.25) is 4.79 Å². The topological polar surface area (TPSA) is 141 Å². The van der Waals surface area contributed by atoms with Crippen LogP contribution in [0.1, 0.15) is 28.2 Å². The van der Waals surface area contributed by atoms with E-state index in [9.17, 15) is 19.7 Å². The third-order valence-electron chi connectivity index (χ3n) is 4.23. The van der Waals surface area contributed by atoms with Gasteiger partial charge in [-0.2, -0.15) is 5.10 Å². The van der Waals surface area contributed by atoms with Crippen molar-refractivity contribution >= 4 is 18.9 Å². The maximum absolute atomic E-state index is 12.3. The number of nitrogens with two attached hydrogens (primary N) is 1. The lowest BCUT2D eigenvalue weighted by Gasteiger charge is -2.27. The Bertz CT molecular complexity index is 825. The molecule has 1 aliphatic rings. The van der Waals surface area contributed by atoms with Crippen LogP contribution in [0.25, 0.3) is 0 Å². The average Bonchev–Trinajstić information content (AvgIpc) is 3.02. The summed E-state index contributed by atoms with van der Waals surface area (Å²) in [7, 11) is -1.24. The summed E-state index contributed by atoms with van der Waals surface area (Å²) in [4.78, 5) is 27.6. The molecule has 0 bridgehead atoms. The number of carboxylic acid groups (broad SMARTS) is 1. The number of para-hydroxylation sites is 1. The number of carbonyl (C=O) groups is 2. The van der Waals surface area contributed by atoms with E-state index in [0.717, 1.165) is 0 Å². The second-order valence-corrected chi connectivity index (χ2v) is 6.21. The zero-order valence-corrected chi connectivity index (χ0v) is 14.0. The molecule has 3 rings (SSSR count).